The van der Waals surface area contributed by atoms with Crippen LogP contribution in [0.25, 0.3) is 0 Å². The minimum Gasteiger partial charge on any atom is -0.393 e. The zero-order valence-corrected chi connectivity index (χ0v) is 7.56. The fourth-order valence-corrected chi connectivity index (χ4v) is 1.84. The van der Waals surface area contributed by atoms with E-state index in [0.29, 0.717) is 0 Å². The van der Waals surface area contributed by atoms with Crippen LogP contribution >= 0.6 is 0 Å². The van der Waals surface area contributed by atoms with Gasteiger partial charge in [-0.2, -0.15) is 0 Å². The van der Waals surface area contributed by atoms with Crippen molar-refractivity contribution in [2.75, 3.05) is 0 Å². The molecule has 0 bridgehead atoms. The molecular weight excluding hydrogens is 162 g/mol. The molecule has 0 aromatic rings. The molecule has 0 aromatic heterocycles. The van der Waals surface area contributed by atoms with Gasteiger partial charge in [0.15, 0.2) is 0 Å². The molecule has 1 N–H and O–H groups in total. The predicted octanol–water partition coefficient (Wildman–Crippen LogP) is 2.44. The van der Waals surface area contributed by atoms with Gasteiger partial charge in [0.1, 0.15) is 0 Å². The third kappa shape index (κ3) is 2.16. The van der Waals surface area contributed by atoms with Gasteiger partial charge in [-0.3, -0.25) is 0 Å². The zero-order chi connectivity index (χ0) is 9.35. The Bertz CT molecular complexity index is 157. The van der Waals surface area contributed by atoms with Gasteiger partial charge in [0.2, 0.25) is 5.92 Å². The van der Waals surface area contributed by atoms with Crippen molar-refractivity contribution in [3.05, 3.63) is 0 Å². The summed E-state index contributed by atoms with van der Waals surface area (Å²) in [5.41, 5.74) is 0. The molecule has 0 unspecified atom stereocenters. The molecule has 0 radical (unpaired) electrons. The van der Waals surface area contributed by atoms with Crippen molar-refractivity contribution in [3.63, 3.8) is 0 Å². The Morgan fingerprint density at radius 3 is 2.42 bits per heavy atom. The van der Waals surface area contributed by atoms with E-state index >= 15 is 0 Å². The first-order valence-electron chi connectivity index (χ1n) is 4.48. The van der Waals surface area contributed by atoms with E-state index in [1.165, 1.54) is 0 Å². The molecule has 0 aliphatic heterocycles. The molecule has 1 aliphatic rings. The van der Waals surface area contributed by atoms with E-state index in [2.05, 4.69) is 0 Å². The number of alkyl halides is 2. The first-order chi connectivity index (χ1) is 5.42. The van der Waals surface area contributed by atoms with Crippen molar-refractivity contribution >= 4 is 0 Å². The Hall–Kier alpha value is -0.180. The van der Waals surface area contributed by atoms with Gasteiger partial charge >= 0.3 is 0 Å². The van der Waals surface area contributed by atoms with Crippen LogP contribution in [-0.2, 0) is 0 Å². The Kier molecular flexibility index (Phi) is 2.71. The van der Waals surface area contributed by atoms with Gasteiger partial charge in [-0.05, 0) is 18.3 Å². The molecular formula is C9H16F2O. The number of hydrogen-bond donors (Lipinski definition) is 1. The van der Waals surface area contributed by atoms with Gasteiger partial charge in [-0.1, -0.05) is 13.8 Å². The summed E-state index contributed by atoms with van der Waals surface area (Å²) in [5.74, 6) is -2.63. The molecule has 0 aromatic carbocycles. The lowest BCUT2D eigenvalue weighted by Gasteiger charge is -2.35. The Labute approximate surface area is 71.8 Å². The van der Waals surface area contributed by atoms with Gasteiger partial charge < -0.3 is 5.11 Å². The Balaban J connectivity index is 2.59. The smallest absolute Gasteiger partial charge is 0.248 e. The third-order valence-corrected chi connectivity index (χ3v) is 2.69. The lowest BCUT2D eigenvalue weighted by atomic mass is 9.78. The van der Waals surface area contributed by atoms with Crippen molar-refractivity contribution < 1.29 is 13.9 Å². The highest BCUT2D eigenvalue weighted by Crippen LogP contribution is 2.39. The number of aliphatic hydroxyl groups is 1. The largest absolute Gasteiger partial charge is 0.393 e. The summed E-state index contributed by atoms with van der Waals surface area (Å²) in [6, 6.07) is 0. The highest BCUT2D eigenvalue weighted by atomic mass is 19.3. The fourth-order valence-electron chi connectivity index (χ4n) is 1.84. The number of aliphatic hydroxyl groups excluding tert-OH is 1. The van der Waals surface area contributed by atoms with Crippen LogP contribution in [0.15, 0.2) is 0 Å². The molecule has 0 saturated heterocycles. The molecule has 1 rings (SSSR count). The van der Waals surface area contributed by atoms with E-state index in [-0.39, 0.29) is 31.1 Å². The lowest BCUT2D eigenvalue weighted by Crippen LogP contribution is -2.38. The Morgan fingerprint density at radius 2 is 2.00 bits per heavy atom. The van der Waals surface area contributed by atoms with E-state index in [1.54, 1.807) is 0 Å². The highest BCUT2D eigenvalue weighted by molar-refractivity contribution is 4.85. The standard InChI is InChI=1S/C9H16F2O/c1-6(2)7-5-9(10,11)4-3-8(7)12/h6-8,12H,3-5H2,1-2H3/t7-,8-/m0/s1. The second kappa shape index (κ2) is 3.29. The average molecular weight is 178 g/mol. The van der Waals surface area contributed by atoms with Crippen molar-refractivity contribution in [2.24, 2.45) is 11.8 Å². The predicted molar refractivity (Wildman–Crippen MR) is 43.1 cm³/mol. The van der Waals surface area contributed by atoms with E-state index in [1.807, 2.05) is 13.8 Å². The molecule has 72 valence electrons. The van der Waals surface area contributed by atoms with Crippen molar-refractivity contribution in [1.29, 1.82) is 0 Å². The monoisotopic (exact) mass is 178 g/mol. The quantitative estimate of drug-likeness (QED) is 0.653. The average Bonchev–Trinajstić information content (AvgIpc) is 1.94. The first kappa shape index (κ1) is 9.90. The van der Waals surface area contributed by atoms with Crippen LogP contribution in [0.4, 0.5) is 8.78 Å². The molecule has 1 fully saturated rings. The SMILES string of the molecule is CC(C)[C@@H]1CC(F)(F)CC[C@@H]1O. The maximum atomic E-state index is 12.9. The van der Waals surface area contributed by atoms with E-state index in [9.17, 15) is 13.9 Å². The first-order valence-corrected chi connectivity index (χ1v) is 4.48. The summed E-state index contributed by atoms with van der Waals surface area (Å²) < 4.78 is 25.8. The molecule has 1 saturated carbocycles. The third-order valence-electron chi connectivity index (χ3n) is 2.69. The fraction of sp³-hybridized carbons (Fsp3) is 1.00. The van der Waals surface area contributed by atoms with Gasteiger partial charge in [0, 0.05) is 12.8 Å². The van der Waals surface area contributed by atoms with Crippen LogP contribution in [-0.4, -0.2) is 17.1 Å². The van der Waals surface area contributed by atoms with Crippen LogP contribution in [0.2, 0.25) is 0 Å². The summed E-state index contributed by atoms with van der Waals surface area (Å²) in [4.78, 5) is 0. The van der Waals surface area contributed by atoms with Gasteiger partial charge in [-0.15, -0.1) is 0 Å². The minimum atomic E-state index is -2.55. The molecule has 0 heterocycles. The Morgan fingerprint density at radius 1 is 1.42 bits per heavy atom. The van der Waals surface area contributed by atoms with Crippen LogP contribution in [0.5, 0.6) is 0 Å². The van der Waals surface area contributed by atoms with Crippen molar-refractivity contribution in [2.45, 2.75) is 45.1 Å². The molecule has 0 spiro atoms. The van der Waals surface area contributed by atoms with E-state index in [0.717, 1.165) is 0 Å². The van der Waals surface area contributed by atoms with E-state index < -0.39 is 12.0 Å². The van der Waals surface area contributed by atoms with Gasteiger partial charge in [0.25, 0.3) is 0 Å². The highest BCUT2D eigenvalue weighted by Gasteiger charge is 2.41. The normalized spacial score (nSPS) is 35.5. The van der Waals surface area contributed by atoms with Crippen molar-refractivity contribution in [1.82, 2.24) is 0 Å². The lowest BCUT2D eigenvalue weighted by molar-refractivity contribution is -0.101. The molecule has 12 heavy (non-hydrogen) atoms. The summed E-state index contributed by atoms with van der Waals surface area (Å²) in [6.07, 6.45) is -0.580. The maximum Gasteiger partial charge on any atom is 0.248 e. The van der Waals surface area contributed by atoms with Crippen LogP contribution < -0.4 is 0 Å². The van der Waals surface area contributed by atoms with Crippen LogP contribution in [0.3, 0.4) is 0 Å². The van der Waals surface area contributed by atoms with Crippen LogP contribution in [0, 0.1) is 11.8 Å². The van der Waals surface area contributed by atoms with Crippen LogP contribution in [0.1, 0.15) is 33.1 Å². The van der Waals surface area contributed by atoms with Crippen molar-refractivity contribution in [3.8, 4) is 0 Å². The molecule has 0 amide bonds. The van der Waals surface area contributed by atoms with E-state index in [4.69, 9.17) is 0 Å². The summed E-state index contributed by atoms with van der Waals surface area (Å²) in [5, 5.41) is 9.44. The summed E-state index contributed by atoms with van der Waals surface area (Å²) in [7, 11) is 0. The number of halogens is 2. The topological polar surface area (TPSA) is 20.2 Å². The number of rotatable bonds is 1. The maximum absolute atomic E-state index is 12.9. The molecule has 1 aliphatic carbocycles. The number of hydrogen-bond acceptors (Lipinski definition) is 1. The molecule has 3 heteroatoms. The van der Waals surface area contributed by atoms with Gasteiger partial charge in [0.05, 0.1) is 6.10 Å². The second-order valence-electron chi connectivity index (χ2n) is 4.07. The summed E-state index contributed by atoms with van der Waals surface area (Å²) >= 11 is 0. The summed E-state index contributed by atoms with van der Waals surface area (Å²) in [6.45, 7) is 3.77. The molecule has 2 atom stereocenters. The zero-order valence-electron chi connectivity index (χ0n) is 7.56. The minimum absolute atomic E-state index is 0.145. The second-order valence-corrected chi connectivity index (χ2v) is 4.07. The molecule has 1 nitrogen and oxygen atoms in total. The van der Waals surface area contributed by atoms with Gasteiger partial charge in [-0.25, -0.2) is 8.78 Å².